The Kier molecular flexibility index (Phi) is 10.4. The van der Waals surface area contributed by atoms with Gasteiger partial charge < -0.3 is 4.74 Å². The highest BCUT2D eigenvalue weighted by Crippen LogP contribution is 2.17. The molecule has 0 fully saturated rings. The maximum atomic E-state index is 11.4. The Morgan fingerprint density at radius 2 is 1.31 bits per heavy atom. The molecule has 2 rings (SSSR count). The number of rotatable bonds is 16. The minimum absolute atomic E-state index is 0.0912. The molecule has 26 heavy (non-hydrogen) atoms. The van der Waals surface area contributed by atoms with E-state index in [0.29, 0.717) is 11.9 Å². The summed E-state index contributed by atoms with van der Waals surface area (Å²) in [7, 11) is 0. The van der Waals surface area contributed by atoms with Crippen LogP contribution in [0.15, 0.2) is 10.1 Å². The SMILES string of the molecule is CCCCCCCCCCCCCCCCCC1=NN2C(=O)CN=C2O1. The van der Waals surface area contributed by atoms with Crippen LogP contribution in [0.5, 0.6) is 0 Å². The van der Waals surface area contributed by atoms with Crippen molar-refractivity contribution in [3.05, 3.63) is 0 Å². The van der Waals surface area contributed by atoms with Gasteiger partial charge in [-0.15, -0.1) is 10.1 Å². The van der Waals surface area contributed by atoms with Crippen molar-refractivity contribution in [1.82, 2.24) is 5.01 Å². The summed E-state index contributed by atoms with van der Waals surface area (Å²) in [5, 5.41) is 5.47. The molecule has 5 nitrogen and oxygen atoms in total. The average molecular weight is 364 g/mol. The van der Waals surface area contributed by atoms with Crippen molar-refractivity contribution in [3.8, 4) is 0 Å². The number of carbonyl (C=O) groups is 1. The standard InChI is InChI=1S/C21H37N3O2/c1-2-3-4-5-6-7-8-9-10-11-12-13-14-15-16-17-19-23-24-20(25)18-22-21(24)26-19/h2-18H2,1H3. The van der Waals surface area contributed by atoms with Gasteiger partial charge >= 0.3 is 6.02 Å². The second kappa shape index (κ2) is 12.9. The Balaban J connectivity index is 1.30. The van der Waals surface area contributed by atoms with E-state index in [4.69, 9.17) is 4.74 Å². The number of hydrogen-bond acceptors (Lipinski definition) is 4. The number of unbranched alkanes of at least 4 members (excludes halogenated alkanes) is 14. The topological polar surface area (TPSA) is 54.3 Å². The van der Waals surface area contributed by atoms with Crippen molar-refractivity contribution in [2.75, 3.05) is 6.54 Å². The van der Waals surface area contributed by atoms with Crippen LogP contribution in [0.25, 0.3) is 0 Å². The molecule has 0 radical (unpaired) electrons. The van der Waals surface area contributed by atoms with Crippen molar-refractivity contribution in [2.45, 2.75) is 110 Å². The minimum atomic E-state index is -0.0912. The third-order valence-electron chi connectivity index (χ3n) is 5.18. The molecule has 0 aromatic heterocycles. The highest BCUT2D eigenvalue weighted by atomic mass is 16.5. The first kappa shape index (κ1) is 20.9. The molecule has 0 spiro atoms. The molecule has 148 valence electrons. The Labute approximate surface area is 159 Å². The van der Waals surface area contributed by atoms with Crippen LogP contribution in [-0.4, -0.2) is 29.4 Å². The van der Waals surface area contributed by atoms with Crippen molar-refractivity contribution in [3.63, 3.8) is 0 Å². The van der Waals surface area contributed by atoms with Gasteiger partial charge in [0, 0.05) is 6.42 Å². The van der Waals surface area contributed by atoms with Crippen molar-refractivity contribution in [2.24, 2.45) is 10.1 Å². The summed E-state index contributed by atoms with van der Waals surface area (Å²) in [5.41, 5.74) is 0. The van der Waals surface area contributed by atoms with Gasteiger partial charge in [-0.25, -0.2) is 4.99 Å². The highest BCUT2D eigenvalue weighted by Gasteiger charge is 2.33. The van der Waals surface area contributed by atoms with E-state index >= 15 is 0 Å². The van der Waals surface area contributed by atoms with E-state index in [1.807, 2.05) is 0 Å². The van der Waals surface area contributed by atoms with Gasteiger partial charge in [0.05, 0.1) is 0 Å². The minimum Gasteiger partial charge on any atom is -0.408 e. The zero-order chi connectivity index (χ0) is 18.5. The summed E-state index contributed by atoms with van der Waals surface area (Å²) in [5.74, 6) is 0.554. The summed E-state index contributed by atoms with van der Waals surface area (Å²) in [4.78, 5) is 15.4. The quantitative estimate of drug-likeness (QED) is 0.326. The average Bonchev–Trinajstić information content (AvgIpc) is 3.20. The summed E-state index contributed by atoms with van der Waals surface area (Å²) in [6, 6.07) is 0.367. The Morgan fingerprint density at radius 1 is 0.808 bits per heavy atom. The number of aliphatic imine (C=N–C) groups is 1. The predicted molar refractivity (Wildman–Crippen MR) is 107 cm³/mol. The normalized spacial score (nSPS) is 15.9. The van der Waals surface area contributed by atoms with Crippen LogP contribution in [0.1, 0.15) is 110 Å². The lowest BCUT2D eigenvalue weighted by Crippen LogP contribution is -2.23. The fourth-order valence-electron chi connectivity index (χ4n) is 3.54. The van der Waals surface area contributed by atoms with Gasteiger partial charge in [0.1, 0.15) is 6.54 Å². The first-order valence-electron chi connectivity index (χ1n) is 10.9. The van der Waals surface area contributed by atoms with Crippen LogP contribution in [0.3, 0.4) is 0 Å². The summed E-state index contributed by atoms with van der Waals surface area (Å²) in [6.07, 6.45) is 21.2. The largest absolute Gasteiger partial charge is 0.408 e. The number of fused-ring (bicyclic) bond motifs is 1. The molecular weight excluding hydrogens is 326 g/mol. The van der Waals surface area contributed by atoms with Crippen LogP contribution in [0.2, 0.25) is 0 Å². The Hall–Kier alpha value is -1.39. The molecule has 0 N–H and O–H groups in total. The molecule has 2 heterocycles. The van der Waals surface area contributed by atoms with E-state index in [-0.39, 0.29) is 12.5 Å². The van der Waals surface area contributed by atoms with Crippen LogP contribution in [0.4, 0.5) is 0 Å². The number of hydrogen-bond donors (Lipinski definition) is 0. The van der Waals surface area contributed by atoms with E-state index in [0.717, 1.165) is 12.8 Å². The van der Waals surface area contributed by atoms with Gasteiger partial charge in [-0.3, -0.25) is 4.79 Å². The van der Waals surface area contributed by atoms with E-state index in [1.54, 1.807) is 0 Å². The molecule has 0 bridgehead atoms. The third-order valence-corrected chi connectivity index (χ3v) is 5.18. The smallest absolute Gasteiger partial charge is 0.323 e. The molecule has 0 atom stereocenters. The van der Waals surface area contributed by atoms with E-state index < -0.39 is 0 Å². The monoisotopic (exact) mass is 363 g/mol. The van der Waals surface area contributed by atoms with Gasteiger partial charge in [0.25, 0.3) is 5.91 Å². The molecular formula is C21H37N3O2. The second-order valence-corrected chi connectivity index (χ2v) is 7.60. The molecule has 0 aromatic rings. The fraction of sp³-hybridized carbons (Fsp3) is 0.857. The summed E-state index contributed by atoms with van der Waals surface area (Å²) in [6.45, 7) is 2.45. The molecule has 2 aliphatic heterocycles. The summed E-state index contributed by atoms with van der Waals surface area (Å²) < 4.78 is 5.48. The van der Waals surface area contributed by atoms with E-state index in [9.17, 15) is 4.79 Å². The Morgan fingerprint density at radius 3 is 1.81 bits per heavy atom. The van der Waals surface area contributed by atoms with Crippen molar-refractivity contribution < 1.29 is 9.53 Å². The lowest BCUT2D eigenvalue weighted by Gasteiger charge is -2.03. The molecule has 0 saturated carbocycles. The predicted octanol–water partition coefficient (Wildman–Crippen LogP) is 5.79. The summed E-state index contributed by atoms with van der Waals surface area (Å²) >= 11 is 0. The van der Waals surface area contributed by atoms with Crippen LogP contribution in [-0.2, 0) is 9.53 Å². The van der Waals surface area contributed by atoms with E-state index in [2.05, 4.69) is 17.0 Å². The van der Waals surface area contributed by atoms with E-state index in [1.165, 1.54) is 94.9 Å². The van der Waals surface area contributed by atoms with Crippen LogP contribution >= 0.6 is 0 Å². The molecule has 0 saturated heterocycles. The number of amidine groups is 1. The van der Waals surface area contributed by atoms with Gasteiger partial charge in [-0.1, -0.05) is 96.8 Å². The first-order valence-corrected chi connectivity index (χ1v) is 10.9. The molecule has 5 heteroatoms. The maximum Gasteiger partial charge on any atom is 0.323 e. The number of ether oxygens (including phenoxy) is 1. The lowest BCUT2D eigenvalue weighted by atomic mass is 10.0. The third kappa shape index (κ3) is 7.88. The van der Waals surface area contributed by atoms with Gasteiger partial charge in [0.15, 0.2) is 0 Å². The molecule has 0 aliphatic carbocycles. The number of nitrogens with zero attached hydrogens (tertiary/aromatic N) is 3. The molecule has 0 unspecified atom stereocenters. The van der Waals surface area contributed by atoms with Gasteiger partial charge in [0.2, 0.25) is 5.90 Å². The maximum absolute atomic E-state index is 11.4. The molecule has 2 aliphatic rings. The zero-order valence-corrected chi connectivity index (χ0v) is 16.7. The lowest BCUT2D eigenvalue weighted by molar-refractivity contribution is -0.124. The number of carbonyl (C=O) groups excluding carboxylic acids is 1. The van der Waals surface area contributed by atoms with Crippen molar-refractivity contribution >= 4 is 17.8 Å². The van der Waals surface area contributed by atoms with Crippen LogP contribution in [0, 0.1) is 0 Å². The number of hydrazone groups is 1. The van der Waals surface area contributed by atoms with Crippen LogP contribution < -0.4 is 0 Å². The highest BCUT2D eigenvalue weighted by molar-refractivity contribution is 6.07. The van der Waals surface area contributed by atoms with Crippen molar-refractivity contribution in [1.29, 1.82) is 0 Å². The van der Waals surface area contributed by atoms with Gasteiger partial charge in [-0.05, 0) is 6.42 Å². The zero-order valence-electron chi connectivity index (χ0n) is 16.7. The number of amides is 1. The Bertz CT molecular complexity index is 474. The van der Waals surface area contributed by atoms with Gasteiger partial charge in [-0.2, -0.15) is 0 Å². The molecule has 0 aromatic carbocycles. The second-order valence-electron chi connectivity index (χ2n) is 7.60. The molecule has 1 amide bonds. The first-order chi connectivity index (χ1) is 12.8. The fourth-order valence-corrected chi connectivity index (χ4v) is 3.54.